The average Bonchev–Trinajstić information content (AvgIpc) is 3.10. The number of amides is 2. The SMILES string of the molecule is CC1COc2cc(Cl)ccc2N1C(=O)N1CC2(C1)CN(c1noc3ccccc13)C2. The number of aromatic nitrogens is 1. The second kappa shape index (κ2) is 6.28. The molecular weight excluding hydrogens is 404 g/mol. The Labute approximate surface area is 178 Å². The van der Waals surface area contributed by atoms with Crippen LogP contribution >= 0.6 is 11.6 Å². The van der Waals surface area contributed by atoms with E-state index in [1.54, 1.807) is 12.1 Å². The Hall–Kier alpha value is -2.93. The van der Waals surface area contributed by atoms with Gasteiger partial charge < -0.3 is 19.1 Å². The number of hydrogen-bond acceptors (Lipinski definition) is 5. The highest BCUT2D eigenvalue weighted by Gasteiger charge is 2.55. The Kier molecular flexibility index (Phi) is 3.75. The number of carbonyl (C=O) groups excluding carboxylic acids is 1. The summed E-state index contributed by atoms with van der Waals surface area (Å²) in [7, 11) is 0. The molecule has 2 amide bonds. The summed E-state index contributed by atoms with van der Waals surface area (Å²) < 4.78 is 11.2. The number of rotatable bonds is 1. The van der Waals surface area contributed by atoms with Gasteiger partial charge in [0.15, 0.2) is 11.4 Å². The van der Waals surface area contributed by atoms with Gasteiger partial charge in [-0.3, -0.25) is 4.90 Å². The average molecular weight is 425 g/mol. The van der Waals surface area contributed by atoms with Crippen LogP contribution in [-0.2, 0) is 0 Å². The Bertz CT molecular complexity index is 1150. The van der Waals surface area contributed by atoms with Gasteiger partial charge in [0.25, 0.3) is 0 Å². The van der Waals surface area contributed by atoms with Crippen LogP contribution in [0.4, 0.5) is 16.3 Å². The second-order valence-electron chi connectivity index (χ2n) is 8.64. The third-order valence-corrected chi connectivity index (χ3v) is 6.58. The number of benzene rings is 2. The van der Waals surface area contributed by atoms with Gasteiger partial charge >= 0.3 is 6.03 Å². The highest BCUT2D eigenvalue weighted by molar-refractivity contribution is 6.30. The van der Waals surface area contributed by atoms with Gasteiger partial charge in [-0.25, -0.2) is 4.79 Å². The quantitative estimate of drug-likeness (QED) is 0.590. The van der Waals surface area contributed by atoms with Crippen LogP contribution in [0.3, 0.4) is 0 Å². The maximum absolute atomic E-state index is 13.3. The Morgan fingerprint density at radius 1 is 1.17 bits per heavy atom. The second-order valence-corrected chi connectivity index (χ2v) is 9.08. The van der Waals surface area contributed by atoms with Gasteiger partial charge in [0.2, 0.25) is 0 Å². The normalized spacial score (nSPS) is 21.8. The highest BCUT2D eigenvalue weighted by atomic mass is 35.5. The fraction of sp³-hybridized carbons (Fsp3) is 0.364. The van der Waals surface area contributed by atoms with E-state index in [0.29, 0.717) is 17.4 Å². The minimum absolute atomic E-state index is 0.0258. The maximum Gasteiger partial charge on any atom is 0.325 e. The predicted molar refractivity (Wildman–Crippen MR) is 115 cm³/mol. The van der Waals surface area contributed by atoms with Crippen LogP contribution in [0, 0.1) is 5.41 Å². The van der Waals surface area contributed by atoms with Crippen LogP contribution < -0.4 is 14.5 Å². The summed E-state index contributed by atoms with van der Waals surface area (Å²) in [5, 5.41) is 5.89. The van der Waals surface area contributed by atoms with Crippen molar-refractivity contribution in [1.29, 1.82) is 0 Å². The summed E-state index contributed by atoms with van der Waals surface area (Å²) in [5.74, 6) is 1.56. The number of hydrogen-bond donors (Lipinski definition) is 0. The topological polar surface area (TPSA) is 62.1 Å². The van der Waals surface area contributed by atoms with Crippen molar-refractivity contribution in [2.45, 2.75) is 13.0 Å². The first-order valence-electron chi connectivity index (χ1n) is 10.1. The van der Waals surface area contributed by atoms with Crippen molar-refractivity contribution < 1.29 is 14.1 Å². The Morgan fingerprint density at radius 3 is 2.80 bits per heavy atom. The van der Waals surface area contributed by atoms with E-state index in [1.807, 2.05) is 47.1 Å². The molecule has 0 saturated carbocycles. The maximum atomic E-state index is 13.3. The molecule has 2 saturated heterocycles. The van der Waals surface area contributed by atoms with Crippen molar-refractivity contribution in [1.82, 2.24) is 10.1 Å². The molecule has 0 aliphatic carbocycles. The van der Waals surface area contributed by atoms with Gasteiger partial charge in [0, 0.05) is 42.7 Å². The zero-order valence-electron chi connectivity index (χ0n) is 16.5. The van der Waals surface area contributed by atoms with Gasteiger partial charge in [-0.05, 0) is 31.2 Å². The molecule has 8 heteroatoms. The lowest BCUT2D eigenvalue weighted by molar-refractivity contribution is 0.00844. The van der Waals surface area contributed by atoms with Crippen LogP contribution in [0.15, 0.2) is 47.0 Å². The number of urea groups is 1. The first kappa shape index (κ1) is 17.9. The molecule has 7 nitrogen and oxygen atoms in total. The Balaban J connectivity index is 1.15. The molecule has 0 bridgehead atoms. The van der Waals surface area contributed by atoms with E-state index in [9.17, 15) is 4.79 Å². The predicted octanol–water partition coefficient (Wildman–Crippen LogP) is 4.01. The van der Waals surface area contributed by atoms with E-state index in [-0.39, 0.29) is 17.5 Å². The minimum atomic E-state index is -0.0258. The first-order chi connectivity index (χ1) is 14.5. The van der Waals surface area contributed by atoms with E-state index in [4.69, 9.17) is 20.9 Å². The highest BCUT2D eigenvalue weighted by Crippen LogP contribution is 2.45. The van der Waals surface area contributed by atoms with Crippen LogP contribution in [0.2, 0.25) is 5.02 Å². The molecule has 1 aromatic heterocycles. The molecule has 1 atom stereocenters. The van der Waals surface area contributed by atoms with E-state index in [2.05, 4.69) is 10.1 Å². The van der Waals surface area contributed by atoms with Crippen molar-refractivity contribution in [2.24, 2.45) is 5.41 Å². The molecule has 0 N–H and O–H groups in total. The van der Waals surface area contributed by atoms with Crippen LogP contribution in [-0.4, -0.2) is 54.9 Å². The molecule has 2 fully saturated rings. The van der Waals surface area contributed by atoms with Gasteiger partial charge in [-0.15, -0.1) is 0 Å². The molecule has 4 heterocycles. The number of anilines is 2. The van der Waals surface area contributed by atoms with Crippen LogP contribution in [0.5, 0.6) is 5.75 Å². The van der Waals surface area contributed by atoms with Gasteiger partial charge in [0.05, 0.1) is 17.1 Å². The monoisotopic (exact) mass is 424 g/mol. The number of likely N-dealkylation sites (tertiary alicyclic amines) is 1. The molecule has 1 unspecified atom stereocenters. The van der Waals surface area contributed by atoms with Crippen molar-refractivity contribution in [3.05, 3.63) is 47.5 Å². The van der Waals surface area contributed by atoms with Crippen molar-refractivity contribution in [2.75, 3.05) is 42.6 Å². The van der Waals surface area contributed by atoms with E-state index in [1.165, 1.54) is 0 Å². The summed E-state index contributed by atoms with van der Waals surface area (Å²) in [6, 6.07) is 13.3. The van der Waals surface area contributed by atoms with Crippen LogP contribution in [0.1, 0.15) is 6.92 Å². The molecular formula is C22H21ClN4O3. The zero-order valence-corrected chi connectivity index (χ0v) is 17.3. The number of carbonyl (C=O) groups is 1. The van der Waals surface area contributed by atoms with Crippen molar-refractivity contribution in [3.63, 3.8) is 0 Å². The fourth-order valence-corrected chi connectivity index (χ4v) is 5.04. The molecule has 3 aromatic rings. The lowest BCUT2D eigenvalue weighted by atomic mass is 9.73. The lowest BCUT2D eigenvalue weighted by Crippen LogP contribution is -2.74. The molecule has 154 valence electrons. The van der Waals surface area contributed by atoms with Gasteiger partial charge in [-0.1, -0.05) is 28.9 Å². The fourth-order valence-electron chi connectivity index (χ4n) is 4.88. The smallest absolute Gasteiger partial charge is 0.325 e. The number of nitrogens with zero attached hydrogens (tertiary/aromatic N) is 4. The standard InChI is InChI=1S/C22H21ClN4O3/c1-14-9-29-19-8-15(23)6-7-17(19)27(14)21(28)26-12-22(13-26)10-25(11-22)20-16-4-2-3-5-18(16)30-24-20/h2-8,14H,9-13H2,1H3. The van der Waals surface area contributed by atoms with E-state index >= 15 is 0 Å². The minimum Gasteiger partial charge on any atom is -0.489 e. The molecule has 1 spiro atoms. The summed E-state index contributed by atoms with van der Waals surface area (Å²) in [5.41, 5.74) is 1.74. The first-order valence-corrected chi connectivity index (χ1v) is 10.5. The van der Waals surface area contributed by atoms with Gasteiger partial charge in [0.1, 0.15) is 12.4 Å². The number of ether oxygens (including phenoxy) is 1. The zero-order chi connectivity index (χ0) is 20.5. The van der Waals surface area contributed by atoms with E-state index in [0.717, 1.165) is 48.7 Å². The third kappa shape index (κ3) is 2.58. The largest absolute Gasteiger partial charge is 0.489 e. The van der Waals surface area contributed by atoms with Crippen LogP contribution in [0.25, 0.3) is 11.0 Å². The lowest BCUT2D eigenvalue weighted by Gasteiger charge is -2.60. The number of fused-ring (bicyclic) bond motifs is 2. The molecule has 6 rings (SSSR count). The molecule has 3 aliphatic heterocycles. The summed E-state index contributed by atoms with van der Waals surface area (Å²) in [6.07, 6.45) is 0. The number of para-hydroxylation sites is 1. The van der Waals surface area contributed by atoms with Crippen molar-refractivity contribution >= 4 is 40.1 Å². The van der Waals surface area contributed by atoms with Gasteiger partial charge in [-0.2, -0.15) is 0 Å². The molecule has 0 radical (unpaired) electrons. The molecule has 2 aromatic carbocycles. The summed E-state index contributed by atoms with van der Waals surface area (Å²) >= 11 is 6.09. The summed E-state index contributed by atoms with van der Waals surface area (Å²) in [4.78, 5) is 19.3. The number of halogens is 1. The molecule has 3 aliphatic rings. The van der Waals surface area contributed by atoms with E-state index < -0.39 is 0 Å². The molecule has 30 heavy (non-hydrogen) atoms. The summed E-state index contributed by atoms with van der Waals surface area (Å²) in [6.45, 7) is 5.75. The Morgan fingerprint density at radius 2 is 1.97 bits per heavy atom. The van der Waals surface area contributed by atoms with Crippen molar-refractivity contribution in [3.8, 4) is 5.75 Å². The third-order valence-electron chi connectivity index (χ3n) is 6.34.